The maximum absolute atomic E-state index is 8.67. The van der Waals surface area contributed by atoms with Crippen LogP contribution in [0.1, 0.15) is 19.8 Å². The van der Waals surface area contributed by atoms with Gasteiger partial charge in [0.15, 0.2) is 0 Å². The number of nitriles is 1. The van der Waals surface area contributed by atoms with Gasteiger partial charge in [0.05, 0.1) is 11.5 Å². The molecule has 0 aromatic carbocycles. The molecule has 9 heavy (non-hydrogen) atoms. The van der Waals surface area contributed by atoms with E-state index in [9.17, 15) is 0 Å². The minimum Gasteiger partial charge on any atom is -0.198 e. The van der Waals surface area contributed by atoms with Crippen molar-refractivity contribution in [3.63, 3.8) is 0 Å². The van der Waals surface area contributed by atoms with E-state index in [0.29, 0.717) is 0 Å². The van der Waals surface area contributed by atoms with E-state index in [1.807, 2.05) is 0 Å². The average molecular weight is 188 g/mol. The summed E-state index contributed by atoms with van der Waals surface area (Å²) in [7, 11) is 0. The fourth-order valence-electron chi connectivity index (χ4n) is 1.50. The molecule has 0 amide bonds. The summed E-state index contributed by atoms with van der Waals surface area (Å²) in [5, 5.41) is 9.52. The van der Waals surface area contributed by atoms with Gasteiger partial charge in [-0.2, -0.15) is 5.26 Å². The van der Waals surface area contributed by atoms with Gasteiger partial charge < -0.3 is 0 Å². The molecule has 1 fully saturated rings. The number of hydrogen-bond donors (Lipinski definition) is 0. The van der Waals surface area contributed by atoms with Crippen LogP contribution in [-0.4, -0.2) is 5.33 Å². The van der Waals surface area contributed by atoms with E-state index in [4.69, 9.17) is 5.26 Å². The Labute approximate surface area is 64.2 Å². The minimum absolute atomic E-state index is 0.000579. The quantitative estimate of drug-likeness (QED) is 0.579. The second-order valence-corrected chi connectivity index (χ2v) is 3.60. The zero-order chi connectivity index (χ0) is 6.91. The monoisotopic (exact) mass is 187 g/mol. The number of halogens is 1. The van der Waals surface area contributed by atoms with Gasteiger partial charge in [0.1, 0.15) is 0 Å². The molecule has 0 saturated heterocycles. The first-order chi connectivity index (χ1) is 4.22. The van der Waals surface area contributed by atoms with Gasteiger partial charge in [-0.25, -0.2) is 0 Å². The molecule has 0 N–H and O–H groups in total. The number of hydrogen-bond acceptors (Lipinski definition) is 1. The van der Waals surface area contributed by atoms with E-state index in [2.05, 4.69) is 28.9 Å². The Bertz CT molecular complexity index is 141. The van der Waals surface area contributed by atoms with Crippen LogP contribution in [0, 0.1) is 22.7 Å². The Morgan fingerprint density at radius 2 is 2.33 bits per heavy atom. The average Bonchev–Trinajstić information content (AvgIpc) is 1.81. The second-order valence-electron chi connectivity index (χ2n) is 3.04. The van der Waals surface area contributed by atoms with Crippen molar-refractivity contribution in [3.05, 3.63) is 0 Å². The smallest absolute Gasteiger partial charge is 0.0698 e. The van der Waals surface area contributed by atoms with Gasteiger partial charge in [-0.1, -0.05) is 22.9 Å². The Hall–Kier alpha value is -0.0300. The summed E-state index contributed by atoms with van der Waals surface area (Å²) in [6, 6.07) is 2.35. The van der Waals surface area contributed by atoms with Crippen LogP contribution in [0.2, 0.25) is 0 Å². The summed E-state index contributed by atoms with van der Waals surface area (Å²) >= 11 is 3.35. The lowest BCUT2D eigenvalue weighted by Crippen LogP contribution is -2.35. The lowest BCUT2D eigenvalue weighted by molar-refractivity contribution is 0.161. The van der Waals surface area contributed by atoms with Crippen LogP contribution in [0.5, 0.6) is 0 Å². The van der Waals surface area contributed by atoms with Crippen LogP contribution in [0.15, 0.2) is 0 Å². The van der Waals surface area contributed by atoms with E-state index in [1.165, 1.54) is 0 Å². The molecule has 0 bridgehead atoms. The maximum atomic E-state index is 8.67. The molecule has 2 heteroatoms. The highest BCUT2D eigenvalue weighted by Gasteiger charge is 2.41. The van der Waals surface area contributed by atoms with Gasteiger partial charge in [-0.15, -0.1) is 0 Å². The van der Waals surface area contributed by atoms with E-state index in [1.54, 1.807) is 0 Å². The molecule has 0 aliphatic heterocycles. The highest BCUT2D eigenvalue weighted by Crippen LogP contribution is 2.45. The number of nitrogens with zero attached hydrogens (tertiary/aromatic N) is 1. The Morgan fingerprint density at radius 1 is 1.78 bits per heavy atom. The summed E-state index contributed by atoms with van der Waals surface area (Å²) in [6.45, 7) is 2.19. The summed E-state index contributed by atoms with van der Waals surface area (Å²) in [4.78, 5) is 0. The molecular weight excluding hydrogens is 178 g/mol. The molecule has 0 atom stereocenters. The van der Waals surface area contributed by atoms with Gasteiger partial charge in [-0.3, -0.25) is 0 Å². The fourth-order valence-corrected chi connectivity index (χ4v) is 2.09. The molecule has 0 radical (unpaired) electrons. The van der Waals surface area contributed by atoms with E-state index in [-0.39, 0.29) is 5.41 Å². The third-order valence-corrected chi connectivity index (χ3v) is 3.04. The van der Waals surface area contributed by atoms with Crippen LogP contribution in [0.25, 0.3) is 0 Å². The zero-order valence-electron chi connectivity index (χ0n) is 5.52. The lowest BCUT2D eigenvalue weighted by Gasteiger charge is -2.39. The molecule has 50 valence electrons. The molecule has 0 heterocycles. The molecule has 1 aliphatic rings. The largest absolute Gasteiger partial charge is 0.198 e. The molecule has 0 spiro atoms. The van der Waals surface area contributed by atoms with Crippen molar-refractivity contribution in [1.82, 2.24) is 0 Å². The third kappa shape index (κ3) is 1.11. The van der Waals surface area contributed by atoms with Crippen molar-refractivity contribution in [1.29, 1.82) is 5.26 Å². The summed E-state index contributed by atoms with van der Waals surface area (Å²) < 4.78 is 0. The first kappa shape index (κ1) is 7.08. The standard InChI is InChI=1S/C7H10BrN/c1-6-2-7(3-6,4-8)5-9/h6H,2-4H2,1H3. The zero-order valence-corrected chi connectivity index (χ0v) is 7.11. The summed E-state index contributed by atoms with van der Waals surface area (Å²) in [5.41, 5.74) is -0.000579. The molecule has 0 unspecified atom stereocenters. The number of alkyl halides is 1. The highest BCUT2D eigenvalue weighted by molar-refractivity contribution is 9.09. The van der Waals surface area contributed by atoms with Crippen LogP contribution in [0.4, 0.5) is 0 Å². The van der Waals surface area contributed by atoms with Gasteiger partial charge in [-0.05, 0) is 18.8 Å². The number of rotatable bonds is 1. The van der Waals surface area contributed by atoms with Crippen LogP contribution < -0.4 is 0 Å². The fraction of sp³-hybridized carbons (Fsp3) is 0.857. The van der Waals surface area contributed by atoms with Gasteiger partial charge >= 0.3 is 0 Å². The molecule has 1 aliphatic carbocycles. The molecule has 1 nitrogen and oxygen atoms in total. The summed E-state index contributed by atoms with van der Waals surface area (Å²) in [6.07, 6.45) is 2.16. The Balaban J connectivity index is 2.48. The van der Waals surface area contributed by atoms with Crippen LogP contribution >= 0.6 is 15.9 Å². The summed E-state index contributed by atoms with van der Waals surface area (Å²) in [5.74, 6) is 0.766. The highest BCUT2D eigenvalue weighted by atomic mass is 79.9. The van der Waals surface area contributed by atoms with Crippen molar-refractivity contribution < 1.29 is 0 Å². The first-order valence-corrected chi connectivity index (χ1v) is 4.32. The molecule has 0 aromatic rings. The predicted molar refractivity (Wildman–Crippen MR) is 40.2 cm³/mol. The van der Waals surface area contributed by atoms with Crippen molar-refractivity contribution in [2.24, 2.45) is 11.3 Å². The molecular formula is C7H10BrN. The molecule has 1 rings (SSSR count). The molecule has 1 saturated carbocycles. The van der Waals surface area contributed by atoms with Crippen molar-refractivity contribution >= 4 is 15.9 Å². The normalized spacial score (nSPS) is 41.2. The van der Waals surface area contributed by atoms with E-state index < -0.39 is 0 Å². The second kappa shape index (κ2) is 2.30. The molecule has 0 aromatic heterocycles. The Kier molecular flexibility index (Phi) is 1.81. The van der Waals surface area contributed by atoms with Crippen molar-refractivity contribution in [2.75, 3.05) is 5.33 Å². The van der Waals surface area contributed by atoms with Crippen molar-refractivity contribution in [3.8, 4) is 6.07 Å². The van der Waals surface area contributed by atoms with Gasteiger partial charge in [0.25, 0.3) is 0 Å². The first-order valence-electron chi connectivity index (χ1n) is 3.20. The van der Waals surface area contributed by atoms with E-state index >= 15 is 0 Å². The SMILES string of the molecule is CC1CC(C#N)(CBr)C1. The topological polar surface area (TPSA) is 23.8 Å². The minimum atomic E-state index is -0.000579. The van der Waals surface area contributed by atoms with Crippen LogP contribution in [0.3, 0.4) is 0 Å². The van der Waals surface area contributed by atoms with Crippen molar-refractivity contribution in [2.45, 2.75) is 19.8 Å². The third-order valence-electron chi connectivity index (χ3n) is 1.97. The predicted octanol–water partition coefficient (Wildman–Crippen LogP) is 2.32. The Morgan fingerprint density at radius 3 is 2.44 bits per heavy atom. The van der Waals surface area contributed by atoms with Gasteiger partial charge in [0.2, 0.25) is 0 Å². The maximum Gasteiger partial charge on any atom is 0.0698 e. The lowest BCUT2D eigenvalue weighted by atomic mass is 9.65. The van der Waals surface area contributed by atoms with Crippen LogP contribution in [-0.2, 0) is 0 Å². The van der Waals surface area contributed by atoms with Gasteiger partial charge in [0, 0.05) is 5.33 Å². The van der Waals surface area contributed by atoms with E-state index in [0.717, 1.165) is 24.1 Å².